The molecule has 4 aliphatic rings. The zero-order valence-electron chi connectivity index (χ0n) is 11.8. The predicted octanol–water partition coefficient (Wildman–Crippen LogP) is 2.89. The highest BCUT2D eigenvalue weighted by molar-refractivity contribution is 5.97. The van der Waals surface area contributed by atoms with E-state index in [-0.39, 0.29) is 30.2 Å². The first-order chi connectivity index (χ1) is 9.69. The smallest absolute Gasteiger partial charge is 0.313 e. The molecular formula is C17H22O3. The van der Waals surface area contributed by atoms with E-state index in [0.29, 0.717) is 17.8 Å². The first-order valence-electron chi connectivity index (χ1n) is 8.09. The minimum Gasteiger partial charge on any atom is -0.462 e. The van der Waals surface area contributed by atoms with Gasteiger partial charge in [-0.05, 0) is 62.2 Å². The number of ether oxygens (including phenoxy) is 1. The van der Waals surface area contributed by atoms with Gasteiger partial charge in [0.1, 0.15) is 18.3 Å². The second-order valence-corrected chi connectivity index (χ2v) is 7.23. The van der Waals surface area contributed by atoms with Crippen LogP contribution in [0.2, 0.25) is 0 Å². The van der Waals surface area contributed by atoms with Crippen molar-refractivity contribution in [2.24, 2.45) is 29.6 Å². The fraction of sp³-hybridized carbons (Fsp3) is 0.765. The molecule has 4 aliphatic carbocycles. The Balaban J connectivity index is 1.29. The van der Waals surface area contributed by atoms with Crippen LogP contribution < -0.4 is 0 Å². The number of Topliss-reactive ketones (excluding diaryl/α,β-unsaturated/α-hetero) is 1. The third kappa shape index (κ3) is 2.11. The van der Waals surface area contributed by atoms with Crippen molar-refractivity contribution in [3.05, 3.63) is 12.2 Å². The molecule has 0 aliphatic heterocycles. The van der Waals surface area contributed by atoms with Gasteiger partial charge in [0.05, 0.1) is 0 Å². The summed E-state index contributed by atoms with van der Waals surface area (Å²) < 4.78 is 5.58. The number of allylic oxidation sites excluding steroid dienone is 2. The molecule has 6 unspecified atom stereocenters. The molecule has 108 valence electrons. The Morgan fingerprint density at radius 1 is 1.05 bits per heavy atom. The summed E-state index contributed by atoms with van der Waals surface area (Å²) in [5.74, 6) is 2.22. The summed E-state index contributed by atoms with van der Waals surface area (Å²) in [4.78, 5) is 24.2. The van der Waals surface area contributed by atoms with Gasteiger partial charge in [0.2, 0.25) is 0 Å². The zero-order chi connectivity index (χ0) is 13.7. The third-order valence-corrected chi connectivity index (χ3v) is 5.97. The minimum atomic E-state index is -0.278. The summed E-state index contributed by atoms with van der Waals surface area (Å²) in [5.41, 5.74) is 0. The molecule has 0 amide bonds. The molecule has 4 rings (SSSR count). The molecule has 20 heavy (non-hydrogen) atoms. The summed E-state index contributed by atoms with van der Waals surface area (Å²) in [7, 11) is 0. The molecule has 0 aromatic rings. The molecule has 0 aromatic heterocycles. The monoisotopic (exact) mass is 274 g/mol. The molecule has 6 atom stereocenters. The van der Waals surface area contributed by atoms with E-state index in [1.54, 1.807) is 0 Å². The topological polar surface area (TPSA) is 43.4 Å². The maximum Gasteiger partial charge on any atom is 0.313 e. The van der Waals surface area contributed by atoms with Gasteiger partial charge in [0.25, 0.3) is 0 Å². The van der Waals surface area contributed by atoms with E-state index < -0.39 is 0 Å². The lowest BCUT2D eigenvalue weighted by Gasteiger charge is -2.22. The number of hydrogen-bond acceptors (Lipinski definition) is 3. The molecule has 3 fully saturated rings. The summed E-state index contributed by atoms with van der Waals surface area (Å²) in [6.07, 6.45) is 11.3. The Labute approximate surface area is 119 Å². The maximum absolute atomic E-state index is 12.2. The lowest BCUT2D eigenvalue weighted by atomic mass is 9.88. The Morgan fingerprint density at radius 2 is 1.95 bits per heavy atom. The van der Waals surface area contributed by atoms with Crippen molar-refractivity contribution in [3.63, 3.8) is 0 Å². The highest BCUT2D eigenvalue weighted by Crippen LogP contribution is 2.46. The van der Waals surface area contributed by atoms with E-state index in [1.807, 2.05) is 0 Å². The fourth-order valence-corrected chi connectivity index (χ4v) is 4.97. The first kappa shape index (κ1) is 12.6. The molecule has 3 nitrogen and oxygen atoms in total. The summed E-state index contributed by atoms with van der Waals surface area (Å²) in [6.45, 7) is 0. The van der Waals surface area contributed by atoms with Crippen molar-refractivity contribution < 1.29 is 14.3 Å². The van der Waals surface area contributed by atoms with Crippen molar-refractivity contribution >= 4 is 11.8 Å². The Hall–Kier alpha value is -1.12. The van der Waals surface area contributed by atoms with E-state index in [2.05, 4.69) is 12.2 Å². The van der Waals surface area contributed by atoms with Crippen molar-refractivity contribution in [2.45, 2.75) is 51.0 Å². The SMILES string of the molecule is O=C(CC(=O)C1CC2C=CC1C2)OC1CC2CCC1C2. The second-order valence-electron chi connectivity index (χ2n) is 7.23. The zero-order valence-corrected chi connectivity index (χ0v) is 11.8. The Morgan fingerprint density at radius 3 is 2.55 bits per heavy atom. The molecule has 3 heteroatoms. The average molecular weight is 274 g/mol. The van der Waals surface area contributed by atoms with Gasteiger partial charge in [-0.15, -0.1) is 0 Å². The number of carbonyl (C=O) groups is 2. The lowest BCUT2D eigenvalue weighted by molar-refractivity contribution is -0.153. The van der Waals surface area contributed by atoms with Crippen LogP contribution in [0, 0.1) is 29.6 Å². The summed E-state index contributed by atoms with van der Waals surface area (Å²) >= 11 is 0. The molecule has 0 aromatic carbocycles. The van der Waals surface area contributed by atoms with Crippen LogP contribution in [0.4, 0.5) is 0 Å². The van der Waals surface area contributed by atoms with E-state index in [4.69, 9.17) is 4.74 Å². The molecular weight excluding hydrogens is 252 g/mol. The van der Waals surface area contributed by atoms with Crippen LogP contribution in [0.1, 0.15) is 44.9 Å². The van der Waals surface area contributed by atoms with Crippen LogP contribution in [0.15, 0.2) is 12.2 Å². The van der Waals surface area contributed by atoms with Crippen LogP contribution in [-0.2, 0) is 14.3 Å². The van der Waals surface area contributed by atoms with Crippen LogP contribution in [0.25, 0.3) is 0 Å². The standard InChI is InChI=1S/C17H22O3/c18-15(14-7-10-1-3-12(14)5-10)9-17(19)20-16-8-11-2-4-13(16)6-11/h1,3,10-14,16H,2,4-9H2. The lowest BCUT2D eigenvalue weighted by Crippen LogP contribution is -2.28. The number of hydrogen-bond donors (Lipinski definition) is 0. The highest BCUT2D eigenvalue weighted by atomic mass is 16.5. The van der Waals surface area contributed by atoms with Gasteiger partial charge >= 0.3 is 5.97 Å². The minimum absolute atomic E-state index is 0.00435. The number of fused-ring (bicyclic) bond motifs is 4. The first-order valence-corrected chi connectivity index (χ1v) is 8.09. The fourth-order valence-electron chi connectivity index (χ4n) is 4.97. The van der Waals surface area contributed by atoms with Crippen molar-refractivity contribution in [2.75, 3.05) is 0 Å². The van der Waals surface area contributed by atoms with Crippen LogP contribution in [0.5, 0.6) is 0 Å². The van der Waals surface area contributed by atoms with Crippen molar-refractivity contribution in [1.82, 2.24) is 0 Å². The number of ketones is 1. The van der Waals surface area contributed by atoms with Gasteiger partial charge < -0.3 is 4.74 Å². The number of esters is 1. The van der Waals surface area contributed by atoms with Crippen LogP contribution >= 0.6 is 0 Å². The molecule has 0 radical (unpaired) electrons. The van der Waals surface area contributed by atoms with Crippen molar-refractivity contribution in [1.29, 1.82) is 0 Å². The maximum atomic E-state index is 12.2. The van der Waals surface area contributed by atoms with E-state index in [0.717, 1.165) is 25.2 Å². The Kier molecular flexibility index (Phi) is 2.97. The number of carbonyl (C=O) groups excluding carboxylic acids is 2. The van der Waals surface area contributed by atoms with Crippen molar-refractivity contribution in [3.8, 4) is 0 Å². The highest BCUT2D eigenvalue weighted by Gasteiger charge is 2.43. The second kappa shape index (κ2) is 4.71. The van der Waals surface area contributed by atoms with Crippen LogP contribution in [-0.4, -0.2) is 17.9 Å². The molecule has 0 heterocycles. The third-order valence-electron chi connectivity index (χ3n) is 5.97. The molecule has 4 bridgehead atoms. The Bertz CT molecular complexity index is 467. The average Bonchev–Trinajstić information content (AvgIpc) is 3.18. The molecule has 0 N–H and O–H groups in total. The van der Waals surface area contributed by atoms with Gasteiger partial charge in [-0.3, -0.25) is 9.59 Å². The van der Waals surface area contributed by atoms with Gasteiger partial charge in [0, 0.05) is 5.92 Å². The van der Waals surface area contributed by atoms with Gasteiger partial charge in [-0.25, -0.2) is 0 Å². The van der Waals surface area contributed by atoms with Gasteiger partial charge in [-0.2, -0.15) is 0 Å². The quantitative estimate of drug-likeness (QED) is 0.450. The molecule has 0 spiro atoms. The normalized spacial score (nSPS) is 44.2. The van der Waals surface area contributed by atoms with E-state index >= 15 is 0 Å². The van der Waals surface area contributed by atoms with Gasteiger partial charge in [-0.1, -0.05) is 12.2 Å². The largest absolute Gasteiger partial charge is 0.462 e. The summed E-state index contributed by atoms with van der Waals surface area (Å²) in [5, 5.41) is 0. The van der Waals surface area contributed by atoms with E-state index in [9.17, 15) is 9.59 Å². The predicted molar refractivity (Wildman–Crippen MR) is 73.8 cm³/mol. The van der Waals surface area contributed by atoms with Gasteiger partial charge in [0.15, 0.2) is 0 Å². The molecule has 0 saturated heterocycles. The number of rotatable bonds is 4. The molecule has 3 saturated carbocycles. The summed E-state index contributed by atoms with van der Waals surface area (Å²) in [6, 6.07) is 0. The van der Waals surface area contributed by atoms with E-state index in [1.165, 1.54) is 19.3 Å². The van der Waals surface area contributed by atoms with Crippen LogP contribution in [0.3, 0.4) is 0 Å².